The topological polar surface area (TPSA) is 68.0 Å². The predicted molar refractivity (Wildman–Crippen MR) is 94.5 cm³/mol. The average molecular weight is 383 g/mol. The summed E-state index contributed by atoms with van der Waals surface area (Å²) in [6.45, 7) is 7.79. The van der Waals surface area contributed by atoms with Crippen LogP contribution in [0.15, 0.2) is 28.8 Å². The molecule has 2 atom stereocenters. The van der Waals surface area contributed by atoms with Crippen LogP contribution in [0.4, 0.5) is 13.2 Å². The minimum atomic E-state index is -4.45. The van der Waals surface area contributed by atoms with Crippen molar-refractivity contribution in [3.05, 3.63) is 35.7 Å². The molecule has 148 valence electrons. The predicted octanol–water partition coefficient (Wildman–Crippen LogP) is 5.00. The minimum absolute atomic E-state index is 0.0240. The van der Waals surface area contributed by atoms with Gasteiger partial charge in [-0.2, -0.15) is 18.2 Å². The number of alkyl halides is 3. The van der Waals surface area contributed by atoms with Gasteiger partial charge < -0.3 is 9.84 Å². The molecule has 1 aromatic carbocycles. The molecule has 0 bridgehead atoms. The van der Waals surface area contributed by atoms with Crippen LogP contribution < -0.4 is 5.32 Å². The summed E-state index contributed by atoms with van der Waals surface area (Å²) < 4.78 is 44.0. The van der Waals surface area contributed by atoms with Crippen molar-refractivity contribution < 1.29 is 22.5 Å². The Morgan fingerprint density at radius 2 is 1.96 bits per heavy atom. The van der Waals surface area contributed by atoms with Gasteiger partial charge in [0.05, 0.1) is 5.56 Å². The van der Waals surface area contributed by atoms with Gasteiger partial charge in [-0.05, 0) is 24.0 Å². The maximum atomic E-state index is 12.9. The van der Waals surface area contributed by atoms with Gasteiger partial charge in [0.25, 0.3) is 0 Å². The summed E-state index contributed by atoms with van der Waals surface area (Å²) in [4.78, 5) is 16.4. The summed E-state index contributed by atoms with van der Waals surface area (Å²) in [5.74, 6) is 0.340. The zero-order chi connectivity index (χ0) is 20.2. The lowest BCUT2D eigenvalue weighted by Crippen LogP contribution is -2.33. The van der Waals surface area contributed by atoms with E-state index in [1.54, 1.807) is 0 Å². The van der Waals surface area contributed by atoms with Crippen LogP contribution in [0.25, 0.3) is 11.4 Å². The molecule has 0 spiro atoms. The van der Waals surface area contributed by atoms with Crippen LogP contribution in [0.2, 0.25) is 0 Å². The average Bonchev–Trinajstić information content (AvgIpc) is 3.07. The van der Waals surface area contributed by atoms with Crippen LogP contribution in [0, 0.1) is 11.8 Å². The molecule has 0 unspecified atom stereocenters. The summed E-state index contributed by atoms with van der Waals surface area (Å²) in [6.07, 6.45) is -3.33. The maximum absolute atomic E-state index is 12.9. The van der Waals surface area contributed by atoms with Crippen molar-refractivity contribution in [2.24, 2.45) is 11.8 Å². The van der Waals surface area contributed by atoms with Gasteiger partial charge in [-0.25, -0.2) is 0 Å². The van der Waals surface area contributed by atoms with Crippen LogP contribution in [-0.4, -0.2) is 16.0 Å². The molecule has 0 aliphatic carbocycles. The van der Waals surface area contributed by atoms with E-state index in [1.807, 2.05) is 27.7 Å². The van der Waals surface area contributed by atoms with E-state index in [0.717, 1.165) is 18.6 Å². The van der Waals surface area contributed by atoms with Crippen LogP contribution in [0.1, 0.15) is 58.0 Å². The van der Waals surface area contributed by atoms with Crippen molar-refractivity contribution in [2.45, 2.75) is 52.8 Å². The molecular formula is C19H24F3N3O2. The van der Waals surface area contributed by atoms with Crippen molar-refractivity contribution in [1.82, 2.24) is 15.5 Å². The van der Waals surface area contributed by atoms with Gasteiger partial charge >= 0.3 is 6.18 Å². The Morgan fingerprint density at radius 3 is 2.56 bits per heavy atom. The molecule has 1 aromatic heterocycles. The standard InChI is InChI=1S/C19H24F3N3O2/c1-5-12(4)16(23-15(26)9-11(2)3)18-24-17(25-27-18)13-7-6-8-14(10-13)19(20,21)22/h6-8,10-12,16H,5,9H2,1-4H3,(H,23,26)/t12-,16+/m1/s1. The SMILES string of the molecule is CC[C@@H](C)[C@H](NC(=O)CC(C)C)c1nc(-c2cccc(C(F)(F)F)c2)no1. The number of rotatable bonds is 7. The first-order chi connectivity index (χ1) is 12.6. The van der Waals surface area contributed by atoms with E-state index in [4.69, 9.17) is 4.52 Å². The summed E-state index contributed by atoms with van der Waals surface area (Å²) >= 11 is 0. The van der Waals surface area contributed by atoms with Crippen LogP contribution in [-0.2, 0) is 11.0 Å². The molecule has 0 aliphatic heterocycles. The number of aromatic nitrogens is 2. The zero-order valence-electron chi connectivity index (χ0n) is 15.8. The number of nitrogens with one attached hydrogen (secondary N) is 1. The Morgan fingerprint density at radius 1 is 1.26 bits per heavy atom. The van der Waals surface area contributed by atoms with Gasteiger partial charge in [0, 0.05) is 12.0 Å². The Hall–Kier alpha value is -2.38. The van der Waals surface area contributed by atoms with Gasteiger partial charge in [0.15, 0.2) is 0 Å². The van der Waals surface area contributed by atoms with E-state index < -0.39 is 17.8 Å². The first-order valence-corrected chi connectivity index (χ1v) is 8.92. The first-order valence-electron chi connectivity index (χ1n) is 8.92. The molecule has 1 heterocycles. The fourth-order valence-electron chi connectivity index (χ4n) is 2.60. The van der Waals surface area contributed by atoms with E-state index in [-0.39, 0.29) is 35.0 Å². The first kappa shape index (κ1) is 20.9. The Labute approximate surface area is 156 Å². The van der Waals surface area contributed by atoms with Crippen LogP contribution >= 0.6 is 0 Å². The lowest BCUT2D eigenvalue weighted by molar-refractivity contribution is -0.137. The van der Waals surface area contributed by atoms with Crippen LogP contribution in [0.5, 0.6) is 0 Å². The molecule has 27 heavy (non-hydrogen) atoms. The van der Waals surface area contributed by atoms with Gasteiger partial charge in [0.1, 0.15) is 6.04 Å². The Bertz CT molecular complexity index is 772. The second-order valence-corrected chi connectivity index (χ2v) is 7.06. The summed E-state index contributed by atoms with van der Waals surface area (Å²) in [5, 5.41) is 6.71. The molecule has 1 amide bonds. The van der Waals surface area contributed by atoms with Crippen molar-refractivity contribution in [1.29, 1.82) is 0 Å². The molecule has 2 rings (SSSR count). The molecule has 2 aromatic rings. The third kappa shape index (κ3) is 5.55. The molecule has 1 N–H and O–H groups in total. The molecule has 0 saturated carbocycles. The fourth-order valence-corrected chi connectivity index (χ4v) is 2.60. The number of amides is 1. The third-order valence-corrected chi connectivity index (χ3v) is 4.28. The number of hydrogen-bond donors (Lipinski definition) is 1. The van der Waals surface area contributed by atoms with Gasteiger partial charge in [-0.1, -0.05) is 51.4 Å². The van der Waals surface area contributed by atoms with Gasteiger partial charge in [-0.3, -0.25) is 4.79 Å². The van der Waals surface area contributed by atoms with E-state index in [2.05, 4.69) is 15.5 Å². The highest BCUT2D eigenvalue weighted by molar-refractivity contribution is 5.76. The van der Waals surface area contributed by atoms with Crippen molar-refractivity contribution in [2.75, 3.05) is 0 Å². The number of halogens is 3. The van der Waals surface area contributed by atoms with E-state index in [0.29, 0.717) is 6.42 Å². The van der Waals surface area contributed by atoms with E-state index in [1.165, 1.54) is 12.1 Å². The lowest BCUT2D eigenvalue weighted by Gasteiger charge is -2.21. The fraction of sp³-hybridized carbons (Fsp3) is 0.526. The number of nitrogens with zero attached hydrogens (tertiary/aromatic N) is 2. The van der Waals surface area contributed by atoms with E-state index in [9.17, 15) is 18.0 Å². The normalized spacial score (nSPS) is 14.2. The van der Waals surface area contributed by atoms with Gasteiger partial charge in [0.2, 0.25) is 17.6 Å². The second kappa shape index (κ2) is 8.54. The molecule has 0 aliphatic rings. The van der Waals surface area contributed by atoms with E-state index >= 15 is 0 Å². The van der Waals surface area contributed by atoms with Crippen molar-refractivity contribution in [3.63, 3.8) is 0 Å². The maximum Gasteiger partial charge on any atom is 0.416 e. The molecule has 0 radical (unpaired) electrons. The molecule has 5 nitrogen and oxygen atoms in total. The molecular weight excluding hydrogens is 359 g/mol. The number of benzene rings is 1. The smallest absolute Gasteiger partial charge is 0.344 e. The largest absolute Gasteiger partial charge is 0.416 e. The number of hydrogen-bond acceptors (Lipinski definition) is 4. The number of carbonyl (C=O) groups is 1. The minimum Gasteiger partial charge on any atom is -0.344 e. The summed E-state index contributed by atoms with van der Waals surface area (Å²) in [7, 11) is 0. The molecule has 0 saturated heterocycles. The lowest BCUT2D eigenvalue weighted by atomic mass is 9.98. The van der Waals surface area contributed by atoms with Crippen LogP contribution in [0.3, 0.4) is 0 Å². The highest BCUT2D eigenvalue weighted by atomic mass is 19.4. The van der Waals surface area contributed by atoms with Crippen molar-refractivity contribution >= 4 is 5.91 Å². The quantitative estimate of drug-likeness (QED) is 0.730. The number of carbonyl (C=O) groups excluding carboxylic acids is 1. The molecule has 8 heteroatoms. The Balaban J connectivity index is 2.28. The highest BCUT2D eigenvalue weighted by Gasteiger charge is 2.31. The highest BCUT2D eigenvalue weighted by Crippen LogP contribution is 2.32. The van der Waals surface area contributed by atoms with Gasteiger partial charge in [-0.15, -0.1) is 0 Å². The zero-order valence-corrected chi connectivity index (χ0v) is 15.8. The summed E-state index contributed by atoms with van der Waals surface area (Å²) in [6, 6.07) is 4.25. The summed E-state index contributed by atoms with van der Waals surface area (Å²) in [5.41, 5.74) is -0.578. The second-order valence-electron chi connectivity index (χ2n) is 7.06. The monoisotopic (exact) mass is 383 g/mol. The molecule has 0 fully saturated rings. The Kier molecular flexibility index (Phi) is 6.62. The van der Waals surface area contributed by atoms with Crippen molar-refractivity contribution in [3.8, 4) is 11.4 Å². The third-order valence-electron chi connectivity index (χ3n) is 4.28.